The van der Waals surface area contributed by atoms with E-state index in [1.54, 1.807) is 0 Å². The monoisotopic (exact) mass is 376 g/mol. The second-order valence-corrected chi connectivity index (χ2v) is 8.56. The van der Waals surface area contributed by atoms with E-state index in [2.05, 4.69) is 19.1 Å². The maximum absolute atomic E-state index is 13.3. The number of halogens is 2. The number of ether oxygens (including phenoxy) is 1. The minimum atomic E-state index is -0.837. The van der Waals surface area contributed by atoms with Crippen LogP contribution in [-0.2, 0) is 0 Å². The van der Waals surface area contributed by atoms with E-state index >= 15 is 0 Å². The third-order valence-electron chi connectivity index (χ3n) is 6.61. The zero-order valence-electron chi connectivity index (χ0n) is 16.6. The molecule has 0 unspecified atom stereocenters. The SMILES string of the molecule is CCC/C=C/C1CCC(C2CCC(COc3ccc(F)c(F)c3)CC2)CC1. The Bertz CT molecular complexity index is 596. The van der Waals surface area contributed by atoms with Gasteiger partial charge in [-0.2, -0.15) is 0 Å². The highest BCUT2D eigenvalue weighted by Crippen LogP contribution is 2.41. The Labute approximate surface area is 163 Å². The number of benzene rings is 1. The van der Waals surface area contributed by atoms with Gasteiger partial charge in [0.05, 0.1) is 6.61 Å². The van der Waals surface area contributed by atoms with Crippen LogP contribution in [0, 0.1) is 35.3 Å². The minimum Gasteiger partial charge on any atom is -0.493 e. The average molecular weight is 377 g/mol. The highest BCUT2D eigenvalue weighted by molar-refractivity contribution is 5.23. The molecule has 0 N–H and O–H groups in total. The van der Waals surface area contributed by atoms with Gasteiger partial charge in [-0.15, -0.1) is 0 Å². The van der Waals surface area contributed by atoms with Gasteiger partial charge in [0.25, 0.3) is 0 Å². The van der Waals surface area contributed by atoms with Crippen molar-refractivity contribution in [1.82, 2.24) is 0 Å². The molecule has 1 aromatic rings. The molecule has 150 valence electrons. The quantitative estimate of drug-likeness (QED) is 0.453. The molecule has 0 spiro atoms. The smallest absolute Gasteiger partial charge is 0.162 e. The number of hydrogen-bond acceptors (Lipinski definition) is 1. The summed E-state index contributed by atoms with van der Waals surface area (Å²) < 4.78 is 31.9. The van der Waals surface area contributed by atoms with Crippen LogP contribution in [0.3, 0.4) is 0 Å². The van der Waals surface area contributed by atoms with Gasteiger partial charge in [0.2, 0.25) is 0 Å². The van der Waals surface area contributed by atoms with Crippen LogP contribution in [-0.4, -0.2) is 6.61 Å². The van der Waals surface area contributed by atoms with Crippen molar-refractivity contribution in [2.75, 3.05) is 6.61 Å². The van der Waals surface area contributed by atoms with E-state index in [-0.39, 0.29) is 0 Å². The zero-order valence-corrected chi connectivity index (χ0v) is 16.6. The van der Waals surface area contributed by atoms with Gasteiger partial charge in [0.1, 0.15) is 5.75 Å². The lowest BCUT2D eigenvalue weighted by atomic mass is 9.69. The van der Waals surface area contributed by atoms with Crippen LogP contribution in [0.15, 0.2) is 30.4 Å². The Morgan fingerprint density at radius 1 is 0.926 bits per heavy atom. The third-order valence-corrected chi connectivity index (χ3v) is 6.61. The Morgan fingerprint density at radius 2 is 1.59 bits per heavy atom. The molecule has 1 aromatic carbocycles. The van der Waals surface area contributed by atoms with Gasteiger partial charge in [0.15, 0.2) is 11.6 Å². The van der Waals surface area contributed by atoms with Gasteiger partial charge in [-0.3, -0.25) is 0 Å². The van der Waals surface area contributed by atoms with Crippen molar-refractivity contribution in [2.45, 2.75) is 71.1 Å². The molecule has 3 heteroatoms. The van der Waals surface area contributed by atoms with Gasteiger partial charge in [0, 0.05) is 6.07 Å². The Balaban J connectivity index is 1.36. The van der Waals surface area contributed by atoms with Crippen molar-refractivity contribution in [3.63, 3.8) is 0 Å². The first-order chi connectivity index (χ1) is 13.2. The molecule has 0 bridgehead atoms. The van der Waals surface area contributed by atoms with Crippen LogP contribution >= 0.6 is 0 Å². The van der Waals surface area contributed by atoms with E-state index in [0.29, 0.717) is 18.3 Å². The first-order valence-corrected chi connectivity index (χ1v) is 10.9. The molecule has 2 saturated carbocycles. The molecule has 3 rings (SSSR count). The molecule has 0 saturated heterocycles. The fourth-order valence-corrected chi connectivity index (χ4v) is 4.87. The lowest BCUT2D eigenvalue weighted by Crippen LogP contribution is -2.27. The Hall–Kier alpha value is -1.38. The van der Waals surface area contributed by atoms with Crippen LogP contribution in [0.5, 0.6) is 5.75 Å². The fourth-order valence-electron chi connectivity index (χ4n) is 4.87. The van der Waals surface area contributed by atoms with Crippen molar-refractivity contribution in [3.05, 3.63) is 42.0 Å². The maximum atomic E-state index is 13.3. The van der Waals surface area contributed by atoms with Crippen LogP contribution in [0.25, 0.3) is 0 Å². The van der Waals surface area contributed by atoms with Crippen molar-refractivity contribution in [1.29, 1.82) is 0 Å². The zero-order chi connectivity index (χ0) is 19.1. The molecule has 0 heterocycles. The molecule has 27 heavy (non-hydrogen) atoms. The largest absolute Gasteiger partial charge is 0.493 e. The van der Waals surface area contributed by atoms with Crippen LogP contribution in [0.4, 0.5) is 8.78 Å². The summed E-state index contributed by atoms with van der Waals surface area (Å²) in [7, 11) is 0. The maximum Gasteiger partial charge on any atom is 0.162 e. The van der Waals surface area contributed by atoms with Crippen molar-refractivity contribution >= 4 is 0 Å². The lowest BCUT2D eigenvalue weighted by molar-refractivity contribution is 0.129. The lowest BCUT2D eigenvalue weighted by Gasteiger charge is -2.37. The highest BCUT2D eigenvalue weighted by Gasteiger charge is 2.30. The second kappa shape index (κ2) is 10.2. The summed E-state index contributed by atoms with van der Waals surface area (Å²) in [6.45, 7) is 2.85. The topological polar surface area (TPSA) is 9.23 Å². The summed E-state index contributed by atoms with van der Waals surface area (Å²) in [5.74, 6) is 1.93. The molecule has 2 aliphatic carbocycles. The van der Waals surface area contributed by atoms with Crippen molar-refractivity contribution in [2.24, 2.45) is 23.7 Å². The first-order valence-electron chi connectivity index (χ1n) is 10.9. The summed E-state index contributed by atoms with van der Waals surface area (Å²) in [6, 6.07) is 3.79. The van der Waals surface area contributed by atoms with Gasteiger partial charge < -0.3 is 4.74 Å². The predicted octanol–water partition coefficient (Wildman–Crippen LogP) is 7.31. The Morgan fingerprint density at radius 3 is 2.22 bits per heavy atom. The van der Waals surface area contributed by atoms with E-state index in [0.717, 1.165) is 29.9 Å². The molecule has 1 nitrogen and oxygen atoms in total. The summed E-state index contributed by atoms with van der Waals surface area (Å²) in [5.41, 5.74) is 0. The fraction of sp³-hybridized carbons (Fsp3) is 0.667. The predicted molar refractivity (Wildman–Crippen MR) is 107 cm³/mol. The molecule has 2 fully saturated rings. The van der Waals surface area contributed by atoms with E-state index in [1.165, 1.54) is 70.3 Å². The van der Waals surface area contributed by atoms with Gasteiger partial charge in [-0.05, 0) is 93.6 Å². The van der Waals surface area contributed by atoms with E-state index in [4.69, 9.17) is 4.74 Å². The van der Waals surface area contributed by atoms with E-state index in [9.17, 15) is 8.78 Å². The van der Waals surface area contributed by atoms with Gasteiger partial charge >= 0.3 is 0 Å². The van der Waals surface area contributed by atoms with Crippen molar-refractivity contribution in [3.8, 4) is 5.75 Å². The average Bonchev–Trinajstić information content (AvgIpc) is 2.70. The number of allylic oxidation sites excluding steroid dienone is 2. The molecule has 0 amide bonds. The van der Waals surface area contributed by atoms with Crippen LogP contribution in [0.2, 0.25) is 0 Å². The molecule has 2 aliphatic rings. The van der Waals surface area contributed by atoms with Gasteiger partial charge in [-0.25, -0.2) is 8.78 Å². The minimum absolute atomic E-state index is 0.436. The molecule has 0 radical (unpaired) electrons. The third kappa shape index (κ3) is 6.05. The summed E-state index contributed by atoms with van der Waals surface area (Å²) >= 11 is 0. The summed E-state index contributed by atoms with van der Waals surface area (Å²) in [5, 5.41) is 0. The summed E-state index contributed by atoms with van der Waals surface area (Å²) in [4.78, 5) is 0. The number of unbranched alkanes of at least 4 members (excludes halogenated alkanes) is 1. The molecular formula is C24H34F2O. The van der Waals surface area contributed by atoms with E-state index < -0.39 is 11.6 Å². The first kappa shape index (κ1) is 20.4. The Kier molecular flexibility index (Phi) is 7.72. The molecular weight excluding hydrogens is 342 g/mol. The molecule has 0 aliphatic heterocycles. The normalized spacial score (nSPS) is 29.1. The van der Waals surface area contributed by atoms with Crippen molar-refractivity contribution < 1.29 is 13.5 Å². The van der Waals surface area contributed by atoms with E-state index in [1.807, 2.05) is 0 Å². The number of hydrogen-bond donors (Lipinski definition) is 0. The summed E-state index contributed by atoms with van der Waals surface area (Å²) in [6.07, 6.45) is 17.8. The van der Waals surface area contributed by atoms with Gasteiger partial charge in [-0.1, -0.05) is 25.5 Å². The molecule has 0 aromatic heterocycles. The second-order valence-electron chi connectivity index (χ2n) is 8.56. The molecule has 0 atom stereocenters. The van der Waals surface area contributed by atoms with Crippen LogP contribution < -0.4 is 4.74 Å². The number of rotatable bonds is 7. The standard InChI is InChI=1S/C24H34F2O/c1-2-3-4-5-18-6-10-20(11-7-18)21-12-8-19(9-13-21)17-27-22-14-15-23(25)24(26)16-22/h4-5,14-16,18-21H,2-3,6-13,17H2,1H3/b5-4+. The van der Waals surface area contributed by atoms with Crippen LogP contribution in [0.1, 0.15) is 71.1 Å². The highest BCUT2D eigenvalue weighted by atomic mass is 19.2.